The number of carbonyl (C=O) groups is 1. The molecule has 0 unspecified atom stereocenters. The number of pyridine rings is 2. The van der Waals surface area contributed by atoms with Gasteiger partial charge in [-0.3, -0.25) is 9.20 Å². The van der Waals surface area contributed by atoms with Gasteiger partial charge >= 0.3 is 0 Å². The SMILES string of the molecule is O=C(c1ccc2ccccc2n1)c1cnc2ccccn12. The number of aromatic nitrogens is 3. The van der Waals surface area contributed by atoms with Crippen LogP contribution in [0.25, 0.3) is 16.6 Å². The summed E-state index contributed by atoms with van der Waals surface area (Å²) in [7, 11) is 0. The molecular formula is C17H11N3O. The topological polar surface area (TPSA) is 47.3 Å². The molecule has 0 saturated heterocycles. The molecule has 4 nitrogen and oxygen atoms in total. The average Bonchev–Trinajstić information content (AvgIpc) is 2.98. The number of benzene rings is 1. The van der Waals surface area contributed by atoms with Gasteiger partial charge in [-0.25, -0.2) is 9.97 Å². The van der Waals surface area contributed by atoms with Crippen LogP contribution in [-0.2, 0) is 0 Å². The van der Waals surface area contributed by atoms with Crippen molar-refractivity contribution in [1.82, 2.24) is 14.4 Å². The van der Waals surface area contributed by atoms with E-state index >= 15 is 0 Å². The molecule has 0 aliphatic carbocycles. The van der Waals surface area contributed by atoms with Crippen LogP contribution in [-0.4, -0.2) is 20.2 Å². The Kier molecular flexibility index (Phi) is 2.54. The first-order valence-corrected chi connectivity index (χ1v) is 6.65. The van der Waals surface area contributed by atoms with Crippen molar-refractivity contribution in [3.05, 3.63) is 78.4 Å². The second-order valence-electron chi connectivity index (χ2n) is 4.79. The maximum Gasteiger partial charge on any atom is 0.229 e. The second kappa shape index (κ2) is 4.52. The monoisotopic (exact) mass is 273 g/mol. The fourth-order valence-electron chi connectivity index (χ4n) is 2.42. The summed E-state index contributed by atoms with van der Waals surface area (Å²) in [6, 6.07) is 17.1. The van der Waals surface area contributed by atoms with Crippen LogP contribution in [0, 0.1) is 0 Å². The molecule has 1 aromatic carbocycles. The standard InChI is InChI=1S/C17H11N3O/c21-17(15-11-18-16-7-3-4-10-20(15)16)14-9-8-12-5-1-2-6-13(12)19-14/h1-11H. The third-order valence-electron chi connectivity index (χ3n) is 3.48. The molecule has 0 aliphatic heterocycles. The first-order chi connectivity index (χ1) is 10.3. The van der Waals surface area contributed by atoms with Gasteiger partial charge in [0.1, 0.15) is 17.0 Å². The third kappa shape index (κ3) is 1.89. The van der Waals surface area contributed by atoms with Gasteiger partial charge in [0.2, 0.25) is 5.78 Å². The summed E-state index contributed by atoms with van der Waals surface area (Å²) in [5.41, 5.74) is 2.52. The van der Waals surface area contributed by atoms with Gasteiger partial charge in [0.05, 0.1) is 11.7 Å². The van der Waals surface area contributed by atoms with Crippen molar-refractivity contribution >= 4 is 22.3 Å². The summed E-state index contributed by atoms with van der Waals surface area (Å²) < 4.78 is 1.78. The lowest BCUT2D eigenvalue weighted by Gasteiger charge is -2.02. The molecule has 3 heterocycles. The zero-order chi connectivity index (χ0) is 14.2. The lowest BCUT2D eigenvalue weighted by Crippen LogP contribution is -2.07. The highest BCUT2D eigenvalue weighted by molar-refractivity contribution is 6.07. The van der Waals surface area contributed by atoms with Gasteiger partial charge in [-0.05, 0) is 24.3 Å². The Hall–Kier alpha value is -3.01. The summed E-state index contributed by atoms with van der Waals surface area (Å²) in [6.07, 6.45) is 3.42. The van der Waals surface area contributed by atoms with E-state index in [1.54, 1.807) is 16.7 Å². The van der Waals surface area contributed by atoms with E-state index in [-0.39, 0.29) is 5.78 Å². The number of hydrogen-bond donors (Lipinski definition) is 0. The maximum absolute atomic E-state index is 12.6. The molecule has 0 saturated carbocycles. The van der Waals surface area contributed by atoms with E-state index in [2.05, 4.69) is 9.97 Å². The molecule has 0 aliphatic rings. The van der Waals surface area contributed by atoms with E-state index in [9.17, 15) is 4.79 Å². The Morgan fingerprint density at radius 1 is 0.952 bits per heavy atom. The highest BCUT2D eigenvalue weighted by Crippen LogP contribution is 2.15. The highest BCUT2D eigenvalue weighted by atomic mass is 16.1. The van der Waals surface area contributed by atoms with Gasteiger partial charge in [0, 0.05) is 11.6 Å². The first kappa shape index (κ1) is 11.8. The lowest BCUT2D eigenvalue weighted by atomic mass is 10.1. The second-order valence-corrected chi connectivity index (χ2v) is 4.79. The predicted molar refractivity (Wildman–Crippen MR) is 80.4 cm³/mol. The molecule has 4 heteroatoms. The minimum absolute atomic E-state index is 0.126. The first-order valence-electron chi connectivity index (χ1n) is 6.65. The summed E-state index contributed by atoms with van der Waals surface area (Å²) in [5.74, 6) is -0.126. The molecule has 0 atom stereocenters. The fourth-order valence-corrected chi connectivity index (χ4v) is 2.42. The Bertz CT molecular complexity index is 972. The van der Waals surface area contributed by atoms with Gasteiger partial charge in [-0.15, -0.1) is 0 Å². The van der Waals surface area contributed by atoms with Crippen molar-refractivity contribution in [2.75, 3.05) is 0 Å². The largest absolute Gasteiger partial charge is 0.297 e. The summed E-state index contributed by atoms with van der Waals surface area (Å²) in [5, 5.41) is 1.02. The minimum atomic E-state index is -0.126. The van der Waals surface area contributed by atoms with Crippen LogP contribution in [0.2, 0.25) is 0 Å². The molecule has 0 N–H and O–H groups in total. The van der Waals surface area contributed by atoms with Crippen molar-refractivity contribution in [3.8, 4) is 0 Å². The molecule has 3 aromatic heterocycles. The Balaban J connectivity index is 1.86. The normalized spacial score (nSPS) is 11.0. The van der Waals surface area contributed by atoms with Crippen molar-refractivity contribution in [2.24, 2.45) is 0 Å². The number of hydrogen-bond acceptors (Lipinski definition) is 3. The van der Waals surface area contributed by atoms with E-state index < -0.39 is 0 Å². The number of carbonyl (C=O) groups excluding carboxylic acids is 1. The molecule has 100 valence electrons. The van der Waals surface area contributed by atoms with Crippen LogP contribution >= 0.6 is 0 Å². The third-order valence-corrected chi connectivity index (χ3v) is 3.48. The van der Waals surface area contributed by atoms with Crippen LogP contribution in [0.1, 0.15) is 16.2 Å². The molecule has 0 spiro atoms. The highest BCUT2D eigenvalue weighted by Gasteiger charge is 2.15. The average molecular weight is 273 g/mol. The number of nitrogens with zero attached hydrogens (tertiary/aromatic N) is 3. The van der Waals surface area contributed by atoms with Gasteiger partial charge in [0.15, 0.2) is 0 Å². The van der Waals surface area contributed by atoms with Crippen molar-refractivity contribution in [2.45, 2.75) is 0 Å². The number of para-hydroxylation sites is 1. The van der Waals surface area contributed by atoms with Crippen LogP contribution in [0.3, 0.4) is 0 Å². The van der Waals surface area contributed by atoms with Crippen LogP contribution in [0.5, 0.6) is 0 Å². The van der Waals surface area contributed by atoms with Gasteiger partial charge in [-0.1, -0.05) is 30.3 Å². The van der Waals surface area contributed by atoms with Crippen LogP contribution < -0.4 is 0 Å². The molecule has 0 amide bonds. The number of rotatable bonds is 2. The molecule has 0 radical (unpaired) electrons. The van der Waals surface area contributed by atoms with Gasteiger partial charge < -0.3 is 0 Å². The Morgan fingerprint density at radius 2 is 1.81 bits per heavy atom. The Morgan fingerprint density at radius 3 is 2.76 bits per heavy atom. The van der Waals surface area contributed by atoms with Crippen LogP contribution in [0.4, 0.5) is 0 Å². The Labute approximate surface area is 120 Å². The zero-order valence-electron chi connectivity index (χ0n) is 11.1. The van der Waals surface area contributed by atoms with E-state index in [1.165, 1.54) is 0 Å². The lowest BCUT2D eigenvalue weighted by molar-refractivity contribution is 0.102. The van der Waals surface area contributed by atoms with E-state index in [1.807, 2.05) is 54.7 Å². The fraction of sp³-hybridized carbons (Fsp3) is 0. The van der Waals surface area contributed by atoms with Gasteiger partial charge in [-0.2, -0.15) is 0 Å². The molecule has 21 heavy (non-hydrogen) atoms. The van der Waals surface area contributed by atoms with E-state index in [0.717, 1.165) is 16.6 Å². The maximum atomic E-state index is 12.6. The number of ketones is 1. The molecular weight excluding hydrogens is 262 g/mol. The van der Waals surface area contributed by atoms with E-state index in [0.29, 0.717) is 11.4 Å². The molecule has 0 bridgehead atoms. The van der Waals surface area contributed by atoms with Gasteiger partial charge in [0.25, 0.3) is 0 Å². The predicted octanol–water partition coefficient (Wildman–Crippen LogP) is 3.11. The van der Waals surface area contributed by atoms with Crippen LogP contribution in [0.15, 0.2) is 67.0 Å². The summed E-state index contributed by atoms with van der Waals surface area (Å²) in [4.78, 5) is 21.3. The van der Waals surface area contributed by atoms with Crippen molar-refractivity contribution < 1.29 is 4.79 Å². The quantitative estimate of drug-likeness (QED) is 0.527. The molecule has 0 fully saturated rings. The smallest absolute Gasteiger partial charge is 0.229 e. The van der Waals surface area contributed by atoms with E-state index in [4.69, 9.17) is 0 Å². The zero-order valence-corrected chi connectivity index (χ0v) is 11.1. The van der Waals surface area contributed by atoms with Crippen molar-refractivity contribution in [3.63, 3.8) is 0 Å². The van der Waals surface area contributed by atoms with Crippen molar-refractivity contribution in [1.29, 1.82) is 0 Å². The molecule has 4 aromatic rings. The number of imidazole rings is 1. The molecule has 4 rings (SSSR count). The summed E-state index contributed by atoms with van der Waals surface area (Å²) in [6.45, 7) is 0. The number of fused-ring (bicyclic) bond motifs is 2. The minimum Gasteiger partial charge on any atom is -0.297 e. The summed E-state index contributed by atoms with van der Waals surface area (Å²) >= 11 is 0.